The number of rotatable bonds is 7. The maximum atomic E-state index is 11.0. The fraction of sp³-hybridized carbons (Fsp3) is 0.900. The number of aliphatic hydroxyl groups excluding tert-OH is 1. The Kier molecular flexibility index (Phi) is 5.72. The largest absolute Gasteiger partial charge is 0.479 e. The van der Waals surface area contributed by atoms with Crippen molar-refractivity contribution in [3.05, 3.63) is 0 Å². The highest BCUT2D eigenvalue weighted by Gasteiger charge is 2.38. The maximum Gasteiger partial charge on any atom is 0.335 e. The molecular weight excluding hydrogens is 184 g/mol. The quantitative estimate of drug-likeness (QED) is 0.613. The lowest BCUT2D eigenvalue weighted by atomic mass is 9.88. The molecule has 4 nitrogen and oxygen atoms in total. The molecule has 0 aliphatic rings. The van der Waals surface area contributed by atoms with E-state index in [1.54, 1.807) is 6.92 Å². The molecule has 2 atom stereocenters. The average molecular weight is 204 g/mol. The van der Waals surface area contributed by atoms with Gasteiger partial charge < -0.3 is 14.9 Å². The standard InChI is InChI=1S/C10H20O4/c1-4-8(2)10(3,9(12)13)14-7-5-6-11/h8,11H,4-7H2,1-3H3,(H,12,13). The third kappa shape index (κ3) is 3.27. The third-order valence-electron chi connectivity index (χ3n) is 2.68. The highest BCUT2D eigenvalue weighted by Crippen LogP contribution is 2.25. The molecule has 0 aromatic carbocycles. The van der Waals surface area contributed by atoms with Crippen molar-refractivity contribution in [3.63, 3.8) is 0 Å². The number of aliphatic hydroxyl groups is 1. The second kappa shape index (κ2) is 5.98. The molecule has 4 heteroatoms. The number of carboxylic acids is 1. The fourth-order valence-electron chi connectivity index (χ4n) is 1.15. The molecule has 0 saturated carbocycles. The zero-order chi connectivity index (χ0) is 11.2. The third-order valence-corrected chi connectivity index (χ3v) is 2.68. The molecule has 0 aromatic heterocycles. The zero-order valence-electron chi connectivity index (χ0n) is 9.12. The van der Waals surface area contributed by atoms with Crippen molar-refractivity contribution in [3.8, 4) is 0 Å². The highest BCUT2D eigenvalue weighted by atomic mass is 16.5. The molecule has 0 heterocycles. The summed E-state index contributed by atoms with van der Waals surface area (Å²) in [6.07, 6.45) is 1.22. The molecular formula is C10H20O4. The monoisotopic (exact) mass is 204 g/mol. The Balaban J connectivity index is 4.32. The molecule has 0 rings (SSSR count). The first-order valence-corrected chi connectivity index (χ1v) is 4.97. The second-order valence-electron chi connectivity index (χ2n) is 3.65. The molecule has 2 unspecified atom stereocenters. The van der Waals surface area contributed by atoms with Gasteiger partial charge in [0.2, 0.25) is 0 Å². The molecule has 14 heavy (non-hydrogen) atoms. The Labute approximate surface area is 84.9 Å². The van der Waals surface area contributed by atoms with E-state index in [4.69, 9.17) is 14.9 Å². The van der Waals surface area contributed by atoms with Crippen LogP contribution in [0.3, 0.4) is 0 Å². The van der Waals surface area contributed by atoms with Gasteiger partial charge >= 0.3 is 5.97 Å². The predicted octanol–water partition coefficient (Wildman–Crippen LogP) is 1.27. The van der Waals surface area contributed by atoms with Gasteiger partial charge in [-0.25, -0.2) is 4.79 Å². The van der Waals surface area contributed by atoms with E-state index in [1.807, 2.05) is 13.8 Å². The zero-order valence-corrected chi connectivity index (χ0v) is 9.12. The van der Waals surface area contributed by atoms with E-state index in [-0.39, 0.29) is 19.1 Å². The van der Waals surface area contributed by atoms with E-state index in [1.165, 1.54) is 0 Å². The Morgan fingerprint density at radius 1 is 1.57 bits per heavy atom. The van der Waals surface area contributed by atoms with E-state index >= 15 is 0 Å². The molecule has 0 spiro atoms. The predicted molar refractivity (Wildman–Crippen MR) is 53.2 cm³/mol. The number of hydrogen-bond acceptors (Lipinski definition) is 3. The average Bonchev–Trinajstić information content (AvgIpc) is 2.16. The van der Waals surface area contributed by atoms with Crippen molar-refractivity contribution in [2.24, 2.45) is 5.92 Å². The Bertz CT molecular complexity index is 181. The first-order chi connectivity index (χ1) is 6.49. The first kappa shape index (κ1) is 13.4. The van der Waals surface area contributed by atoms with Gasteiger partial charge in [0.15, 0.2) is 5.60 Å². The van der Waals surface area contributed by atoms with Crippen molar-refractivity contribution in [1.29, 1.82) is 0 Å². The van der Waals surface area contributed by atoms with Crippen molar-refractivity contribution in [2.45, 2.75) is 39.2 Å². The molecule has 0 saturated heterocycles. The van der Waals surface area contributed by atoms with Crippen LogP contribution in [0.25, 0.3) is 0 Å². The minimum atomic E-state index is -1.14. The van der Waals surface area contributed by atoms with Crippen LogP contribution in [0.5, 0.6) is 0 Å². The van der Waals surface area contributed by atoms with Crippen molar-refractivity contribution in [2.75, 3.05) is 13.2 Å². The second-order valence-corrected chi connectivity index (χ2v) is 3.65. The summed E-state index contributed by atoms with van der Waals surface area (Å²) in [6.45, 7) is 5.68. The number of hydrogen-bond donors (Lipinski definition) is 2. The number of carbonyl (C=O) groups is 1. The highest BCUT2D eigenvalue weighted by molar-refractivity contribution is 5.77. The van der Waals surface area contributed by atoms with E-state index in [2.05, 4.69) is 0 Å². The van der Waals surface area contributed by atoms with Crippen LogP contribution in [-0.4, -0.2) is 35.0 Å². The van der Waals surface area contributed by atoms with E-state index in [0.717, 1.165) is 6.42 Å². The number of carboxylic acid groups (broad SMARTS) is 1. The summed E-state index contributed by atoms with van der Waals surface area (Å²) in [7, 11) is 0. The molecule has 0 radical (unpaired) electrons. The van der Waals surface area contributed by atoms with Crippen LogP contribution in [-0.2, 0) is 9.53 Å². The van der Waals surface area contributed by atoms with Crippen LogP contribution < -0.4 is 0 Å². The molecule has 0 aromatic rings. The normalized spacial score (nSPS) is 17.4. The van der Waals surface area contributed by atoms with Crippen molar-refractivity contribution in [1.82, 2.24) is 0 Å². The van der Waals surface area contributed by atoms with E-state index < -0.39 is 11.6 Å². The van der Waals surface area contributed by atoms with Crippen LogP contribution >= 0.6 is 0 Å². The smallest absolute Gasteiger partial charge is 0.335 e. The summed E-state index contributed by atoms with van der Waals surface area (Å²) in [5, 5.41) is 17.6. The molecule has 0 aliphatic carbocycles. The van der Waals surface area contributed by atoms with Gasteiger partial charge in [-0.15, -0.1) is 0 Å². The lowest BCUT2D eigenvalue weighted by Crippen LogP contribution is -2.44. The first-order valence-electron chi connectivity index (χ1n) is 4.97. The Hall–Kier alpha value is -0.610. The molecule has 0 aliphatic heterocycles. The lowest BCUT2D eigenvalue weighted by Gasteiger charge is -2.30. The minimum Gasteiger partial charge on any atom is -0.479 e. The van der Waals surface area contributed by atoms with Gasteiger partial charge in [0.05, 0.1) is 6.61 Å². The molecule has 0 amide bonds. The Morgan fingerprint density at radius 2 is 2.14 bits per heavy atom. The molecule has 0 bridgehead atoms. The Morgan fingerprint density at radius 3 is 2.50 bits per heavy atom. The van der Waals surface area contributed by atoms with E-state index in [0.29, 0.717) is 6.42 Å². The molecule has 0 fully saturated rings. The summed E-state index contributed by atoms with van der Waals surface area (Å²) < 4.78 is 5.32. The van der Waals surface area contributed by atoms with Crippen LogP contribution in [0, 0.1) is 5.92 Å². The molecule has 84 valence electrons. The van der Waals surface area contributed by atoms with Crippen molar-refractivity contribution >= 4 is 5.97 Å². The summed E-state index contributed by atoms with van der Waals surface area (Å²) in [5.41, 5.74) is -1.14. The fourth-order valence-corrected chi connectivity index (χ4v) is 1.15. The van der Waals surface area contributed by atoms with Gasteiger partial charge in [-0.3, -0.25) is 0 Å². The summed E-state index contributed by atoms with van der Waals surface area (Å²) >= 11 is 0. The summed E-state index contributed by atoms with van der Waals surface area (Å²) in [6, 6.07) is 0. The van der Waals surface area contributed by atoms with Crippen LogP contribution in [0.4, 0.5) is 0 Å². The lowest BCUT2D eigenvalue weighted by molar-refractivity contribution is -0.171. The summed E-state index contributed by atoms with van der Waals surface area (Å²) in [4.78, 5) is 11.0. The van der Waals surface area contributed by atoms with Gasteiger partial charge in [0.1, 0.15) is 0 Å². The SMILES string of the molecule is CCC(C)C(C)(OCCCO)C(=O)O. The van der Waals surface area contributed by atoms with Gasteiger partial charge in [0.25, 0.3) is 0 Å². The van der Waals surface area contributed by atoms with Gasteiger partial charge in [-0.2, -0.15) is 0 Å². The number of aliphatic carboxylic acids is 1. The minimum absolute atomic E-state index is 0.0240. The summed E-state index contributed by atoms with van der Waals surface area (Å²) in [5.74, 6) is -0.983. The van der Waals surface area contributed by atoms with Crippen LogP contribution in [0.2, 0.25) is 0 Å². The van der Waals surface area contributed by atoms with Gasteiger partial charge in [-0.05, 0) is 19.3 Å². The van der Waals surface area contributed by atoms with E-state index in [9.17, 15) is 4.79 Å². The number of ether oxygens (including phenoxy) is 1. The van der Waals surface area contributed by atoms with Gasteiger partial charge in [-0.1, -0.05) is 20.3 Å². The topological polar surface area (TPSA) is 66.8 Å². The van der Waals surface area contributed by atoms with Crippen LogP contribution in [0.1, 0.15) is 33.6 Å². The van der Waals surface area contributed by atoms with Crippen molar-refractivity contribution < 1.29 is 19.7 Å². The van der Waals surface area contributed by atoms with Crippen LogP contribution in [0.15, 0.2) is 0 Å². The molecule has 2 N–H and O–H groups in total. The maximum absolute atomic E-state index is 11.0. The van der Waals surface area contributed by atoms with Gasteiger partial charge in [0, 0.05) is 6.61 Å².